The van der Waals surface area contributed by atoms with Gasteiger partial charge in [0, 0.05) is 22.9 Å². The maximum atomic E-state index is 13.8. The summed E-state index contributed by atoms with van der Waals surface area (Å²) in [6.45, 7) is 4.22. The van der Waals surface area contributed by atoms with E-state index in [2.05, 4.69) is 38.1 Å². The number of esters is 1. The number of aromatic nitrogens is 2. The highest BCUT2D eigenvalue weighted by molar-refractivity contribution is 5.91. The molecule has 1 N–H and O–H groups in total. The molecule has 4 aromatic rings. The van der Waals surface area contributed by atoms with Gasteiger partial charge in [-0.15, -0.1) is 0 Å². The molecule has 0 amide bonds. The highest BCUT2D eigenvalue weighted by Crippen LogP contribution is 2.36. The van der Waals surface area contributed by atoms with Crippen LogP contribution < -0.4 is 0 Å². The number of carbonyl (C=O) groups is 1. The van der Waals surface area contributed by atoms with E-state index in [0.29, 0.717) is 19.3 Å². The monoisotopic (exact) mass is 472 g/mol. The van der Waals surface area contributed by atoms with Crippen molar-refractivity contribution in [2.75, 3.05) is 0 Å². The number of aliphatic hydroxyl groups excluding tert-OH is 1. The van der Waals surface area contributed by atoms with E-state index in [9.17, 15) is 14.3 Å². The molecule has 1 saturated heterocycles. The number of aliphatic hydroxyl groups is 1. The zero-order chi connectivity index (χ0) is 24.5. The van der Waals surface area contributed by atoms with Gasteiger partial charge in [0.05, 0.1) is 29.6 Å². The lowest BCUT2D eigenvalue weighted by atomic mass is 9.93. The molecule has 3 aromatic carbocycles. The summed E-state index contributed by atoms with van der Waals surface area (Å²) in [5, 5.41) is 17.3. The van der Waals surface area contributed by atoms with Crippen LogP contribution in [0.2, 0.25) is 0 Å². The van der Waals surface area contributed by atoms with E-state index in [1.165, 1.54) is 12.1 Å². The predicted octanol–water partition coefficient (Wildman–Crippen LogP) is 5.95. The van der Waals surface area contributed by atoms with E-state index in [-0.39, 0.29) is 30.2 Å². The summed E-state index contributed by atoms with van der Waals surface area (Å²) < 4.78 is 21.3. The van der Waals surface area contributed by atoms with Crippen molar-refractivity contribution in [3.63, 3.8) is 0 Å². The van der Waals surface area contributed by atoms with E-state index < -0.39 is 6.10 Å². The van der Waals surface area contributed by atoms with E-state index in [0.717, 1.165) is 39.0 Å². The van der Waals surface area contributed by atoms with Crippen LogP contribution in [0.3, 0.4) is 0 Å². The van der Waals surface area contributed by atoms with Gasteiger partial charge in [0.1, 0.15) is 11.9 Å². The molecule has 5 rings (SSSR count). The van der Waals surface area contributed by atoms with Crippen molar-refractivity contribution in [1.29, 1.82) is 0 Å². The number of carbonyl (C=O) groups excluding carboxylic acids is 1. The molecule has 1 aliphatic heterocycles. The third-order valence-electron chi connectivity index (χ3n) is 6.63. The van der Waals surface area contributed by atoms with Crippen molar-refractivity contribution in [2.45, 2.75) is 57.7 Å². The van der Waals surface area contributed by atoms with Crippen LogP contribution in [-0.4, -0.2) is 33.1 Å². The Labute approximate surface area is 204 Å². The Balaban J connectivity index is 1.66. The largest absolute Gasteiger partial charge is 0.462 e. The first-order chi connectivity index (χ1) is 16.9. The number of fused-ring (bicyclic) bond motifs is 1. The van der Waals surface area contributed by atoms with Gasteiger partial charge in [-0.2, -0.15) is 5.10 Å². The van der Waals surface area contributed by atoms with Crippen LogP contribution in [0.4, 0.5) is 4.39 Å². The summed E-state index contributed by atoms with van der Waals surface area (Å²) in [4.78, 5) is 11.9. The second kappa shape index (κ2) is 9.62. The minimum absolute atomic E-state index is 0.0492. The maximum absolute atomic E-state index is 13.8. The van der Waals surface area contributed by atoms with Gasteiger partial charge in [0.25, 0.3) is 0 Å². The molecule has 35 heavy (non-hydrogen) atoms. The zero-order valence-corrected chi connectivity index (χ0v) is 19.9. The fourth-order valence-electron chi connectivity index (χ4n) is 4.99. The second-order valence-electron chi connectivity index (χ2n) is 9.53. The van der Waals surface area contributed by atoms with Gasteiger partial charge in [-0.1, -0.05) is 50.2 Å². The summed E-state index contributed by atoms with van der Waals surface area (Å²) in [6.07, 6.45) is 0.682. The molecule has 2 atom stereocenters. The number of hydrogen-bond donors (Lipinski definition) is 1. The van der Waals surface area contributed by atoms with Crippen LogP contribution in [0.15, 0.2) is 66.7 Å². The number of rotatable bonds is 6. The Bertz CT molecular complexity index is 1360. The lowest BCUT2D eigenvalue weighted by molar-refractivity contribution is -0.160. The van der Waals surface area contributed by atoms with Crippen molar-refractivity contribution >= 4 is 16.7 Å². The van der Waals surface area contributed by atoms with Crippen LogP contribution in [-0.2, 0) is 16.0 Å². The molecule has 0 saturated carbocycles. The summed E-state index contributed by atoms with van der Waals surface area (Å²) in [5.41, 5.74) is 4.74. The fraction of sp³-hybridized carbons (Fsp3) is 0.310. The molecular formula is C29H29FN2O3. The molecule has 0 aliphatic carbocycles. The highest BCUT2D eigenvalue weighted by atomic mass is 19.1. The van der Waals surface area contributed by atoms with Crippen LogP contribution in [0.1, 0.15) is 50.3 Å². The van der Waals surface area contributed by atoms with Crippen LogP contribution >= 0.6 is 0 Å². The summed E-state index contributed by atoms with van der Waals surface area (Å²) >= 11 is 0. The number of ether oxygens (including phenoxy) is 1. The minimum atomic E-state index is -0.666. The van der Waals surface area contributed by atoms with Crippen LogP contribution in [0.5, 0.6) is 0 Å². The average molecular weight is 473 g/mol. The van der Waals surface area contributed by atoms with E-state index in [4.69, 9.17) is 9.84 Å². The van der Waals surface area contributed by atoms with Crippen molar-refractivity contribution in [2.24, 2.45) is 0 Å². The molecule has 180 valence electrons. The maximum Gasteiger partial charge on any atom is 0.308 e. The van der Waals surface area contributed by atoms with Crippen LogP contribution in [0, 0.1) is 5.82 Å². The molecule has 6 heteroatoms. The van der Waals surface area contributed by atoms with Crippen molar-refractivity contribution in [3.8, 4) is 16.9 Å². The van der Waals surface area contributed by atoms with Crippen LogP contribution in [0.25, 0.3) is 27.7 Å². The van der Waals surface area contributed by atoms with E-state index in [1.807, 2.05) is 22.9 Å². The van der Waals surface area contributed by atoms with Gasteiger partial charge in [0.15, 0.2) is 0 Å². The van der Waals surface area contributed by atoms with E-state index in [1.54, 1.807) is 12.1 Å². The second-order valence-corrected chi connectivity index (χ2v) is 9.53. The number of halogens is 1. The summed E-state index contributed by atoms with van der Waals surface area (Å²) in [5.74, 6) is -0.498. The Hall–Kier alpha value is -3.51. The number of cyclic esters (lactones) is 1. The first kappa shape index (κ1) is 23.2. The Morgan fingerprint density at radius 3 is 2.57 bits per heavy atom. The quantitative estimate of drug-likeness (QED) is 0.352. The lowest BCUT2D eigenvalue weighted by Crippen LogP contribution is -2.32. The molecule has 2 heterocycles. The Morgan fingerprint density at radius 1 is 1.09 bits per heavy atom. The highest BCUT2D eigenvalue weighted by Gasteiger charge is 2.29. The van der Waals surface area contributed by atoms with Gasteiger partial charge in [-0.25, -0.2) is 9.07 Å². The molecule has 5 nitrogen and oxygen atoms in total. The Kier molecular flexibility index (Phi) is 6.39. The first-order valence-electron chi connectivity index (χ1n) is 12.1. The zero-order valence-electron chi connectivity index (χ0n) is 19.9. The van der Waals surface area contributed by atoms with Crippen molar-refractivity contribution in [1.82, 2.24) is 9.78 Å². The van der Waals surface area contributed by atoms with Crippen molar-refractivity contribution in [3.05, 3.63) is 83.8 Å². The summed E-state index contributed by atoms with van der Waals surface area (Å²) in [6, 6.07) is 20.8. The standard InChI is InChI=1S/C29H29FN2O3/c1-18(2)28-25(15-14-23-16-22(33)17-27(34)35-23)29(20-10-12-21(30)13-11-20)32(31-28)26-9-5-7-19-6-3-4-8-24(19)26/h3-13,18,22-23,33H,14-17H2,1-2H3/t22-,23-/m0/s1. The SMILES string of the molecule is CC(C)c1nn(-c2cccc3ccccc23)c(-c2ccc(F)cc2)c1CC[C@H]1C[C@H](O)CC(=O)O1. The molecule has 1 aromatic heterocycles. The first-order valence-corrected chi connectivity index (χ1v) is 12.1. The fourth-order valence-corrected chi connectivity index (χ4v) is 4.99. The number of nitrogens with zero attached hydrogens (tertiary/aromatic N) is 2. The van der Waals surface area contributed by atoms with Crippen molar-refractivity contribution < 1.29 is 19.0 Å². The smallest absolute Gasteiger partial charge is 0.308 e. The molecule has 0 radical (unpaired) electrons. The van der Waals surface area contributed by atoms with Gasteiger partial charge in [-0.05, 0) is 54.5 Å². The number of benzene rings is 3. The molecular weight excluding hydrogens is 443 g/mol. The Morgan fingerprint density at radius 2 is 1.83 bits per heavy atom. The number of hydrogen-bond acceptors (Lipinski definition) is 4. The average Bonchev–Trinajstić information content (AvgIpc) is 3.22. The van der Waals surface area contributed by atoms with Gasteiger partial charge in [0.2, 0.25) is 0 Å². The molecule has 1 aliphatic rings. The van der Waals surface area contributed by atoms with E-state index >= 15 is 0 Å². The molecule has 0 spiro atoms. The normalized spacial score (nSPS) is 18.3. The molecule has 0 unspecified atom stereocenters. The third-order valence-corrected chi connectivity index (χ3v) is 6.63. The van der Waals surface area contributed by atoms with Gasteiger partial charge < -0.3 is 9.84 Å². The van der Waals surface area contributed by atoms with Gasteiger partial charge in [-0.3, -0.25) is 4.79 Å². The topological polar surface area (TPSA) is 64.3 Å². The third kappa shape index (κ3) is 4.71. The predicted molar refractivity (Wildman–Crippen MR) is 134 cm³/mol. The minimum Gasteiger partial charge on any atom is -0.462 e. The molecule has 1 fully saturated rings. The molecule has 0 bridgehead atoms. The lowest BCUT2D eigenvalue weighted by Gasteiger charge is -2.26. The van der Waals surface area contributed by atoms with Gasteiger partial charge >= 0.3 is 5.97 Å². The summed E-state index contributed by atoms with van der Waals surface area (Å²) in [7, 11) is 0.